The van der Waals surface area contributed by atoms with Gasteiger partial charge in [0.05, 0.1) is 0 Å². The Balaban J connectivity index is 4.21. The lowest BCUT2D eigenvalue weighted by Gasteiger charge is -2.18. The third-order valence-corrected chi connectivity index (χ3v) is 15.6. The molecule has 0 aromatic carbocycles. The van der Waals surface area contributed by atoms with Crippen LogP contribution >= 0.6 is 0 Å². The van der Waals surface area contributed by atoms with Gasteiger partial charge in [-0.3, -0.25) is 14.4 Å². The molecule has 0 saturated carbocycles. The van der Waals surface area contributed by atoms with Crippen LogP contribution in [0.3, 0.4) is 0 Å². The van der Waals surface area contributed by atoms with Crippen molar-refractivity contribution in [2.45, 2.75) is 361 Å². The first-order valence-electron chi connectivity index (χ1n) is 35.7. The number of esters is 3. The van der Waals surface area contributed by atoms with Crippen molar-refractivity contribution >= 4 is 17.9 Å². The highest BCUT2D eigenvalue weighted by Gasteiger charge is 2.19. The van der Waals surface area contributed by atoms with Crippen LogP contribution in [0.25, 0.3) is 0 Å². The van der Waals surface area contributed by atoms with Crippen LogP contribution in [0.5, 0.6) is 0 Å². The van der Waals surface area contributed by atoms with Gasteiger partial charge < -0.3 is 14.2 Å². The molecule has 6 heteroatoms. The average molecular weight is 1160 g/mol. The van der Waals surface area contributed by atoms with E-state index in [4.69, 9.17) is 14.2 Å². The van der Waals surface area contributed by atoms with Crippen molar-refractivity contribution in [1.29, 1.82) is 0 Å². The highest BCUT2D eigenvalue weighted by molar-refractivity contribution is 5.71. The molecule has 0 N–H and O–H groups in total. The van der Waals surface area contributed by atoms with Gasteiger partial charge in [-0.2, -0.15) is 0 Å². The second kappa shape index (κ2) is 70.8. The fourth-order valence-electron chi connectivity index (χ4n) is 10.3. The molecule has 0 bridgehead atoms. The molecule has 1 unspecified atom stereocenters. The maximum Gasteiger partial charge on any atom is 0.306 e. The van der Waals surface area contributed by atoms with Gasteiger partial charge in [-0.15, -0.1) is 0 Å². The molecule has 0 fully saturated rings. The third kappa shape index (κ3) is 69.0. The van der Waals surface area contributed by atoms with Gasteiger partial charge in [0.1, 0.15) is 13.2 Å². The van der Waals surface area contributed by atoms with Crippen LogP contribution in [0, 0.1) is 0 Å². The lowest BCUT2D eigenvalue weighted by molar-refractivity contribution is -0.167. The molecule has 1 atom stereocenters. The second-order valence-corrected chi connectivity index (χ2v) is 23.8. The van der Waals surface area contributed by atoms with Gasteiger partial charge in [0.15, 0.2) is 6.10 Å². The van der Waals surface area contributed by atoms with E-state index < -0.39 is 6.10 Å². The van der Waals surface area contributed by atoms with Crippen LogP contribution in [-0.4, -0.2) is 37.2 Å². The Kier molecular flexibility index (Phi) is 67.7. The van der Waals surface area contributed by atoms with Crippen molar-refractivity contribution in [2.75, 3.05) is 13.2 Å². The minimum absolute atomic E-state index is 0.0719. The van der Waals surface area contributed by atoms with Crippen molar-refractivity contribution in [1.82, 2.24) is 0 Å². The topological polar surface area (TPSA) is 78.9 Å². The fourth-order valence-corrected chi connectivity index (χ4v) is 10.3. The van der Waals surface area contributed by atoms with Gasteiger partial charge in [0.25, 0.3) is 0 Å². The summed E-state index contributed by atoms with van der Waals surface area (Å²) in [5, 5.41) is 0. The summed E-state index contributed by atoms with van der Waals surface area (Å²) < 4.78 is 17.0. The summed E-state index contributed by atoms with van der Waals surface area (Å²) in [5.41, 5.74) is 0. The van der Waals surface area contributed by atoms with Crippen molar-refractivity contribution in [3.05, 3.63) is 97.2 Å². The highest BCUT2D eigenvalue weighted by Crippen LogP contribution is 2.18. The summed E-state index contributed by atoms with van der Waals surface area (Å²) in [6.07, 6.45) is 95.8. The molecular weight excluding hydrogens is 1020 g/mol. The van der Waals surface area contributed by atoms with Crippen LogP contribution in [-0.2, 0) is 28.6 Å². The molecule has 0 aliphatic rings. The Hall–Kier alpha value is -3.67. The summed E-state index contributed by atoms with van der Waals surface area (Å²) in [7, 11) is 0. The monoisotopic (exact) mass is 1160 g/mol. The second-order valence-electron chi connectivity index (χ2n) is 23.8. The quantitative estimate of drug-likeness (QED) is 0.0261. The van der Waals surface area contributed by atoms with E-state index in [-0.39, 0.29) is 31.1 Å². The highest BCUT2D eigenvalue weighted by atomic mass is 16.6. The van der Waals surface area contributed by atoms with Crippen molar-refractivity contribution < 1.29 is 28.6 Å². The molecule has 83 heavy (non-hydrogen) atoms. The van der Waals surface area contributed by atoms with Gasteiger partial charge >= 0.3 is 17.9 Å². The van der Waals surface area contributed by atoms with Crippen molar-refractivity contribution in [2.24, 2.45) is 0 Å². The standard InChI is InChI=1S/C77H134O6/c1-4-7-10-13-16-19-22-25-27-29-30-31-32-33-34-35-36-37-38-39-40-41-42-43-44-45-46-48-49-52-55-58-61-64-67-70-76(79)82-73-74(72-81-75(78)69-66-63-60-57-54-51-24-21-18-15-12-9-6-3)83-77(80)71-68-65-62-59-56-53-50-47-28-26-23-20-17-14-11-8-5-2/h7,10,16,19,25,27,30-31,33-34,36-37,39-40,42-43,74H,4-6,8-9,11-15,17-18,20-24,26,28-29,32,35,38,41,44-73H2,1-3H3/b10-7-,19-16-,27-25-,31-30-,34-33-,37-36-,40-39-,43-42-. The Bertz CT molecular complexity index is 1610. The van der Waals surface area contributed by atoms with Crippen LogP contribution in [0.2, 0.25) is 0 Å². The number of ether oxygens (including phenoxy) is 3. The first kappa shape index (κ1) is 79.3. The number of hydrogen-bond donors (Lipinski definition) is 0. The van der Waals surface area contributed by atoms with Crippen molar-refractivity contribution in [3.8, 4) is 0 Å². The minimum Gasteiger partial charge on any atom is -0.462 e. The zero-order valence-corrected chi connectivity index (χ0v) is 54.9. The summed E-state index contributed by atoms with van der Waals surface area (Å²) in [4.78, 5) is 38.4. The number of hydrogen-bond acceptors (Lipinski definition) is 6. The molecule has 0 aliphatic heterocycles. The van der Waals surface area contributed by atoms with E-state index in [1.165, 1.54) is 205 Å². The van der Waals surface area contributed by atoms with E-state index in [2.05, 4.69) is 118 Å². The van der Waals surface area contributed by atoms with Gasteiger partial charge in [-0.25, -0.2) is 0 Å². The van der Waals surface area contributed by atoms with E-state index in [1.54, 1.807) is 0 Å². The van der Waals surface area contributed by atoms with Crippen molar-refractivity contribution in [3.63, 3.8) is 0 Å². The molecule has 0 spiro atoms. The number of allylic oxidation sites excluding steroid dienone is 16. The van der Waals surface area contributed by atoms with Crippen LogP contribution in [0.1, 0.15) is 355 Å². The van der Waals surface area contributed by atoms with Crippen LogP contribution in [0.15, 0.2) is 97.2 Å². The average Bonchev–Trinajstić information content (AvgIpc) is 3.49. The summed E-state index contributed by atoms with van der Waals surface area (Å²) in [5.74, 6) is -0.856. The zero-order chi connectivity index (χ0) is 59.9. The lowest BCUT2D eigenvalue weighted by atomic mass is 10.0. The van der Waals surface area contributed by atoms with E-state index >= 15 is 0 Å². The molecule has 6 nitrogen and oxygen atoms in total. The predicted molar refractivity (Wildman–Crippen MR) is 362 cm³/mol. The Morgan fingerprint density at radius 3 is 0.735 bits per heavy atom. The molecule has 0 aromatic heterocycles. The molecule has 0 heterocycles. The molecular formula is C77H134O6. The first-order valence-corrected chi connectivity index (χ1v) is 35.7. The zero-order valence-electron chi connectivity index (χ0n) is 54.9. The van der Waals surface area contributed by atoms with E-state index in [9.17, 15) is 14.4 Å². The van der Waals surface area contributed by atoms with Gasteiger partial charge in [-0.1, -0.05) is 349 Å². The first-order chi connectivity index (χ1) is 41.0. The normalized spacial score (nSPS) is 12.7. The molecule has 0 radical (unpaired) electrons. The lowest BCUT2D eigenvalue weighted by Crippen LogP contribution is -2.30. The third-order valence-electron chi connectivity index (χ3n) is 15.6. The molecule has 478 valence electrons. The summed E-state index contributed by atoms with van der Waals surface area (Å²) in [6.45, 7) is 6.57. The van der Waals surface area contributed by atoms with Gasteiger partial charge in [0.2, 0.25) is 0 Å². The van der Waals surface area contributed by atoms with E-state index in [0.717, 1.165) is 109 Å². The smallest absolute Gasteiger partial charge is 0.306 e. The number of rotatable bonds is 65. The SMILES string of the molecule is CC/C=C\C/C=C\C/C=C\C/C=C\C/C=C\C/C=C\C/C=C\C/C=C\CCCCCCCCCCCCC(=O)OCC(COC(=O)CCCCCCCCCCCCCCC)OC(=O)CCCCCCCCCCCCCCCCCCC. The maximum absolute atomic E-state index is 12.9. The van der Waals surface area contributed by atoms with Crippen LogP contribution in [0.4, 0.5) is 0 Å². The van der Waals surface area contributed by atoms with Crippen LogP contribution < -0.4 is 0 Å². The molecule has 0 aromatic rings. The van der Waals surface area contributed by atoms with E-state index in [0.29, 0.717) is 19.3 Å². The van der Waals surface area contributed by atoms with E-state index in [1.807, 2.05) is 0 Å². The number of unbranched alkanes of at least 4 members (excludes halogenated alkanes) is 38. The summed E-state index contributed by atoms with van der Waals surface area (Å²) >= 11 is 0. The van der Waals surface area contributed by atoms with Gasteiger partial charge in [0, 0.05) is 19.3 Å². The Morgan fingerprint density at radius 1 is 0.253 bits per heavy atom. The maximum atomic E-state index is 12.9. The number of carbonyl (C=O) groups excluding carboxylic acids is 3. The minimum atomic E-state index is -0.776. The Morgan fingerprint density at radius 2 is 0.470 bits per heavy atom. The largest absolute Gasteiger partial charge is 0.462 e. The molecule has 0 aliphatic carbocycles. The predicted octanol–water partition coefficient (Wildman–Crippen LogP) is 24.8. The molecule has 0 amide bonds. The fraction of sp³-hybridized carbons (Fsp3) is 0.753. The Labute approximate surface area is 515 Å². The molecule has 0 rings (SSSR count). The number of carbonyl (C=O) groups is 3. The molecule has 0 saturated heterocycles. The summed E-state index contributed by atoms with van der Waals surface area (Å²) in [6, 6.07) is 0. The van der Waals surface area contributed by atoms with Gasteiger partial charge in [-0.05, 0) is 83.5 Å².